The highest BCUT2D eigenvalue weighted by atomic mass is 14.7. The maximum atomic E-state index is 3.89. The lowest BCUT2D eigenvalue weighted by Crippen LogP contribution is -1.78. The van der Waals surface area contributed by atoms with Crippen LogP contribution in [0.5, 0.6) is 0 Å². The van der Waals surface area contributed by atoms with Gasteiger partial charge in [-0.05, 0) is 26.5 Å². The van der Waals surface area contributed by atoms with Gasteiger partial charge in [0.2, 0.25) is 0 Å². The van der Waals surface area contributed by atoms with Crippen molar-refractivity contribution in [2.24, 2.45) is 4.99 Å². The molecule has 0 unspecified atom stereocenters. The van der Waals surface area contributed by atoms with Crippen LogP contribution in [0.15, 0.2) is 16.8 Å². The molecule has 0 aliphatic carbocycles. The summed E-state index contributed by atoms with van der Waals surface area (Å²) in [6, 6.07) is 0. The molecule has 0 spiro atoms. The second-order valence-electron chi connectivity index (χ2n) is 2.40. The third-order valence-corrected chi connectivity index (χ3v) is 1.57. The van der Waals surface area contributed by atoms with E-state index in [0.717, 1.165) is 12.1 Å². The molecule has 0 N–H and O–H groups in total. The van der Waals surface area contributed by atoms with Gasteiger partial charge in [-0.2, -0.15) is 0 Å². The minimum absolute atomic E-state index is 1.09. The number of aliphatic imine (C=N–C) groups is 1. The molecule has 0 aromatic carbocycles. The predicted octanol–water partition coefficient (Wildman–Crippen LogP) is 3.17. The van der Waals surface area contributed by atoms with Crippen LogP contribution in [-0.4, -0.2) is 6.72 Å². The molecule has 1 heteroatoms. The largest absolute Gasteiger partial charge is 0.269 e. The van der Waals surface area contributed by atoms with Crippen molar-refractivity contribution in [3.05, 3.63) is 11.8 Å². The Morgan fingerprint density at radius 3 is 2.60 bits per heavy atom. The van der Waals surface area contributed by atoms with Crippen LogP contribution < -0.4 is 0 Å². The molecule has 1 nitrogen and oxygen atoms in total. The van der Waals surface area contributed by atoms with E-state index in [4.69, 9.17) is 0 Å². The van der Waals surface area contributed by atoms with Crippen LogP contribution in [0.2, 0.25) is 0 Å². The van der Waals surface area contributed by atoms with Gasteiger partial charge in [-0.25, -0.2) is 0 Å². The van der Waals surface area contributed by atoms with E-state index < -0.39 is 0 Å². The number of hydrogen-bond donors (Lipinski definition) is 0. The first kappa shape index (κ1) is 9.41. The van der Waals surface area contributed by atoms with Gasteiger partial charge in [0.05, 0.1) is 0 Å². The van der Waals surface area contributed by atoms with Gasteiger partial charge in [0.15, 0.2) is 0 Å². The summed E-state index contributed by atoms with van der Waals surface area (Å²) < 4.78 is 0. The fourth-order valence-electron chi connectivity index (χ4n) is 0.871. The average molecular weight is 139 g/mol. The van der Waals surface area contributed by atoms with Crippen molar-refractivity contribution in [2.45, 2.75) is 39.5 Å². The van der Waals surface area contributed by atoms with Gasteiger partial charge in [-0.1, -0.05) is 25.8 Å². The number of rotatable bonds is 5. The Morgan fingerprint density at radius 2 is 2.20 bits per heavy atom. The first-order valence-electron chi connectivity index (χ1n) is 3.97. The minimum atomic E-state index is 1.09. The monoisotopic (exact) mass is 139 g/mol. The summed E-state index contributed by atoms with van der Waals surface area (Å²) in [6.45, 7) is 7.71. The highest BCUT2D eigenvalue weighted by molar-refractivity contribution is 5.28. The molecule has 0 fully saturated rings. The highest BCUT2D eigenvalue weighted by Gasteiger charge is 1.90. The van der Waals surface area contributed by atoms with E-state index in [1.54, 1.807) is 0 Å². The van der Waals surface area contributed by atoms with Crippen molar-refractivity contribution in [2.75, 3.05) is 0 Å². The van der Waals surface area contributed by atoms with Crippen LogP contribution in [-0.2, 0) is 0 Å². The zero-order chi connectivity index (χ0) is 7.82. The van der Waals surface area contributed by atoms with Gasteiger partial charge in [-0.15, -0.1) is 0 Å². The van der Waals surface area contributed by atoms with Gasteiger partial charge in [-0.3, -0.25) is 4.99 Å². The highest BCUT2D eigenvalue weighted by Crippen LogP contribution is 2.08. The van der Waals surface area contributed by atoms with E-state index in [-0.39, 0.29) is 0 Å². The van der Waals surface area contributed by atoms with E-state index in [1.807, 2.05) is 13.0 Å². The molecule has 0 heterocycles. The third-order valence-electron chi connectivity index (χ3n) is 1.57. The molecule has 0 aliphatic heterocycles. The first-order valence-corrected chi connectivity index (χ1v) is 3.97. The molecule has 10 heavy (non-hydrogen) atoms. The van der Waals surface area contributed by atoms with E-state index in [0.29, 0.717) is 0 Å². The Kier molecular flexibility index (Phi) is 6.14. The third kappa shape index (κ3) is 4.30. The van der Waals surface area contributed by atoms with E-state index in [9.17, 15) is 0 Å². The van der Waals surface area contributed by atoms with Gasteiger partial charge in [0, 0.05) is 5.70 Å². The maximum Gasteiger partial charge on any atom is 0.0353 e. The molecular formula is C9H17N. The molecule has 58 valence electrons. The van der Waals surface area contributed by atoms with Gasteiger partial charge < -0.3 is 0 Å². The number of unbranched alkanes of at least 4 members (excludes halogenated alkanes) is 2. The van der Waals surface area contributed by atoms with Crippen molar-refractivity contribution in [1.82, 2.24) is 0 Å². The molecule has 0 saturated carbocycles. The van der Waals surface area contributed by atoms with Crippen molar-refractivity contribution in [3.8, 4) is 0 Å². The Morgan fingerprint density at radius 1 is 1.50 bits per heavy atom. The Labute approximate surface area is 63.9 Å². The van der Waals surface area contributed by atoms with Gasteiger partial charge >= 0.3 is 0 Å². The van der Waals surface area contributed by atoms with Gasteiger partial charge in [0.25, 0.3) is 0 Å². The summed E-state index contributed by atoms with van der Waals surface area (Å²) in [5, 5.41) is 0. The lowest BCUT2D eigenvalue weighted by atomic mass is 10.1. The second kappa shape index (κ2) is 6.53. The molecular weight excluding hydrogens is 122 g/mol. The van der Waals surface area contributed by atoms with Crippen LogP contribution in [0.3, 0.4) is 0 Å². The van der Waals surface area contributed by atoms with Crippen LogP contribution in [0, 0.1) is 0 Å². The summed E-state index contributed by atoms with van der Waals surface area (Å²) >= 11 is 0. The molecule has 0 rings (SSSR count). The maximum absolute atomic E-state index is 3.89. The molecule has 0 bridgehead atoms. The fraction of sp³-hybridized carbons (Fsp3) is 0.667. The van der Waals surface area contributed by atoms with Crippen molar-refractivity contribution < 1.29 is 0 Å². The zero-order valence-corrected chi connectivity index (χ0v) is 7.06. The van der Waals surface area contributed by atoms with Crippen molar-refractivity contribution in [1.29, 1.82) is 0 Å². The predicted molar refractivity (Wildman–Crippen MR) is 47.4 cm³/mol. The molecule has 0 saturated heterocycles. The summed E-state index contributed by atoms with van der Waals surface area (Å²) in [5.41, 5.74) is 1.13. The van der Waals surface area contributed by atoms with Crippen LogP contribution in [0.1, 0.15) is 39.5 Å². The standard InChI is InChI=1S/C9H17N/c1-4-6-7-8-9(5-2)10-3/h5H,3-4,6-8H2,1-2H3/b9-5-. The minimum Gasteiger partial charge on any atom is -0.269 e. The average Bonchev–Trinajstić information content (AvgIpc) is 1.99. The zero-order valence-electron chi connectivity index (χ0n) is 7.06. The SMILES string of the molecule is C=N/C(=C\C)CCCCC. The number of nitrogens with zero attached hydrogens (tertiary/aromatic N) is 1. The van der Waals surface area contributed by atoms with E-state index >= 15 is 0 Å². The van der Waals surface area contributed by atoms with Gasteiger partial charge in [0.1, 0.15) is 0 Å². The van der Waals surface area contributed by atoms with Crippen LogP contribution in [0.4, 0.5) is 0 Å². The normalized spacial score (nSPS) is 11.6. The smallest absolute Gasteiger partial charge is 0.0353 e. The van der Waals surface area contributed by atoms with Crippen LogP contribution in [0.25, 0.3) is 0 Å². The van der Waals surface area contributed by atoms with Crippen molar-refractivity contribution in [3.63, 3.8) is 0 Å². The summed E-state index contributed by atoms with van der Waals surface area (Å²) in [7, 11) is 0. The van der Waals surface area contributed by atoms with E-state index in [2.05, 4.69) is 18.6 Å². The first-order chi connectivity index (χ1) is 4.85. The number of hydrogen-bond acceptors (Lipinski definition) is 1. The molecule has 0 amide bonds. The topological polar surface area (TPSA) is 12.4 Å². The number of allylic oxidation sites excluding steroid dienone is 2. The second-order valence-corrected chi connectivity index (χ2v) is 2.40. The lowest BCUT2D eigenvalue weighted by Gasteiger charge is -1.97. The Bertz CT molecular complexity index is 114. The summed E-state index contributed by atoms with van der Waals surface area (Å²) in [5.74, 6) is 0. The van der Waals surface area contributed by atoms with E-state index in [1.165, 1.54) is 19.3 Å². The molecule has 0 atom stereocenters. The molecule has 0 aromatic heterocycles. The Balaban J connectivity index is 3.36. The summed E-state index contributed by atoms with van der Waals surface area (Å²) in [4.78, 5) is 3.89. The fourth-order valence-corrected chi connectivity index (χ4v) is 0.871. The quantitative estimate of drug-likeness (QED) is 0.410. The summed E-state index contributed by atoms with van der Waals surface area (Å²) in [6.07, 6.45) is 6.94. The lowest BCUT2D eigenvalue weighted by molar-refractivity contribution is 0.710. The molecule has 0 aromatic rings. The Hall–Kier alpha value is -0.590. The molecule has 0 radical (unpaired) electrons. The van der Waals surface area contributed by atoms with Crippen molar-refractivity contribution >= 4 is 6.72 Å². The van der Waals surface area contributed by atoms with Crippen LogP contribution >= 0.6 is 0 Å². The molecule has 0 aliphatic rings.